The highest BCUT2D eigenvalue weighted by Crippen LogP contribution is 2.31. The minimum Gasteiger partial charge on any atom is -0.309 e. The molecule has 1 rings (SSSR count). The van der Waals surface area contributed by atoms with Crippen molar-refractivity contribution in [2.24, 2.45) is 11.3 Å². The van der Waals surface area contributed by atoms with E-state index in [2.05, 4.69) is 33.0 Å². The van der Waals surface area contributed by atoms with E-state index >= 15 is 0 Å². The molecular weight excluding hydrogens is 263 g/mol. The van der Waals surface area contributed by atoms with Gasteiger partial charge in [-0.25, -0.2) is 0 Å². The molecule has 0 fully saturated rings. The van der Waals surface area contributed by atoms with Crippen molar-refractivity contribution in [3.05, 3.63) is 35.9 Å². The standard InChI is InChI=1S/C16H24F3N/c1-12(2)15(3,4)11-20-14(10-16(17,18)19)13-8-6-5-7-9-13/h5-9,12,14,20H,10-11H2,1-4H3. The third-order valence-corrected chi connectivity index (χ3v) is 4.00. The molecule has 1 aromatic rings. The van der Waals surface area contributed by atoms with E-state index in [0.717, 1.165) is 0 Å². The van der Waals surface area contributed by atoms with Crippen LogP contribution in [0.2, 0.25) is 0 Å². The maximum atomic E-state index is 12.7. The quantitative estimate of drug-likeness (QED) is 0.780. The summed E-state index contributed by atoms with van der Waals surface area (Å²) in [5.74, 6) is 0.400. The molecule has 20 heavy (non-hydrogen) atoms. The molecule has 4 heteroatoms. The fourth-order valence-electron chi connectivity index (χ4n) is 1.82. The Morgan fingerprint density at radius 1 is 1.05 bits per heavy atom. The van der Waals surface area contributed by atoms with Crippen molar-refractivity contribution in [2.75, 3.05) is 6.54 Å². The maximum Gasteiger partial charge on any atom is 0.390 e. The van der Waals surface area contributed by atoms with Gasteiger partial charge in [-0.05, 0) is 16.9 Å². The van der Waals surface area contributed by atoms with Gasteiger partial charge in [0.1, 0.15) is 0 Å². The molecule has 0 spiro atoms. The Kier molecular flexibility index (Phi) is 5.63. The fraction of sp³-hybridized carbons (Fsp3) is 0.625. The Morgan fingerprint density at radius 3 is 2.05 bits per heavy atom. The van der Waals surface area contributed by atoms with Gasteiger partial charge in [0.2, 0.25) is 0 Å². The van der Waals surface area contributed by atoms with E-state index in [4.69, 9.17) is 0 Å². The van der Waals surface area contributed by atoms with Crippen LogP contribution in [-0.4, -0.2) is 12.7 Å². The third-order valence-electron chi connectivity index (χ3n) is 4.00. The van der Waals surface area contributed by atoms with Crippen LogP contribution >= 0.6 is 0 Å². The molecule has 1 aromatic carbocycles. The predicted octanol–water partition coefficient (Wildman–Crippen LogP) is 4.95. The van der Waals surface area contributed by atoms with Crippen molar-refractivity contribution in [2.45, 2.75) is 46.3 Å². The summed E-state index contributed by atoms with van der Waals surface area (Å²) < 4.78 is 38.2. The molecule has 0 amide bonds. The Labute approximate surface area is 119 Å². The molecule has 1 unspecified atom stereocenters. The first kappa shape index (κ1) is 17.0. The molecule has 1 atom stereocenters. The monoisotopic (exact) mass is 287 g/mol. The molecule has 0 bridgehead atoms. The van der Waals surface area contributed by atoms with Gasteiger partial charge >= 0.3 is 6.18 Å². The van der Waals surface area contributed by atoms with Gasteiger partial charge in [-0.15, -0.1) is 0 Å². The van der Waals surface area contributed by atoms with Crippen LogP contribution in [0.1, 0.15) is 45.7 Å². The number of rotatable bonds is 6. The molecular formula is C16H24F3N. The minimum atomic E-state index is -4.17. The topological polar surface area (TPSA) is 12.0 Å². The second-order valence-corrected chi connectivity index (χ2v) is 6.31. The highest BCUT2D eigenvalue weighted by Gasteiger charge is 2.33. The maximum absolute atomic E-state index is 12.7. The summed E-state index contributed by atoms with van der Waals surface area (Å²) in [6, 6.07) is 8.15. The summed E-state index contributed by atoms with van der Waals surface area (Å²) in [6.45, 7) is 8.87. The average molecular weight is 287 g/mol. The largest absolute Gasteiger partial charge is 0.390 e. The molecule has 0 heterocycles. The Balaban J connectivity index is 2.80. The summed E-state index contributed by atoms with van der Waals surface area (Å²) in [5, 5.41) is 3.09. The van der Waals surface area contributed by atoms with Crippen LogP contribution < -0.4 is 5.32 Å². The molecule has 0 saturated carbocycles. The number of benzene rings is 1. The number of hydrogen-bond donors (Lipinski definition) is 1. The van der Waals surface area contributed by atoms with Gasteiger partial charge in [-0.1, -0.05) is 58.0 Å². The van der Waals surface area contributed by atoms with E-state index in [0.29, 0.717) is 18.0 Å². The van der Waals surface area contributed by atoms with Gasteiger partial charge in [0.25, 0.3) is 0 Å². The van der Waals surface area contributed by atoms with E-state index in [1.807, 2.05) is 6.07 Å². The second-order valence-electron chi connectivity index (χ2n) is 6.31. The molecule has 0 aliphatic heterocycles. The number of halogens is 3. The lowest BCUT2D eigenvalue weighted by atomic mass is 9.81. The highest BCUT2D eigenvalue weighted by molar-refractivity contribution is 5.19. The molecule has 114 valence electrons. The van der Waals surface area contributed by atoms with Crippen molar-refractivity contribution in [1.82, 2.24) is 5.32 Å². The zero-order chi connectivity index (χ0) is 15.4. The summed E-state index contributed by atoms with van der Waals surface area (Å²) in [6.07, 6.45) is -5.01. The van der Waals surface area contributed by atoms with Crippen LogP contribution in [0.15, 0.2) is 30.3 Å². The molecule has 0 aliphatic carbocycles. The molecule has 1 nitrogen and oxygen atoms in total. The van der Waals surface area contributed by atoms with Gasteiger partial charge in [-0.3, -0.25) is 0 Å². The smallest absolute Gasteiger partial charge is 0.309 e. The normalized spacial score (nSPS) is 14.6. The van der Waals surface area contributed by atoms with Crippen molar-refractivity contribution in [3.63, 3.8) is 0 Å². The molecule has 0 aromatic heterocycles. The number of hydrogen-bond acceptors (Lipinski definition) is 1. The van der Waals surface area contributed by atoms with Crippen LogP contribution in [-0.2, 0) is 0 Å². The second kappa shape index (κ2) is 6.61. The lowest BCUT2D eigenvalue weighted by molar-refractivity contribution is -0.140. The highest BCUT2D eigenvalue weighted by atomic mass is 19.4. The summed E-state index contributed by atoms with van der Waals surface area (Å²) >= 11 is 0. The Hall–Kier alpha value is -1.03. The van der Waals surface area contributed by atoms with E-state index in [1.165, 1.54) is 0 Å². The molecule has 0 aliphatic rings. The first-order chi connectivity index (χ1) is 9.12. The predicted molar refractivity (Wildman–Crippen MR) is 76.5 cm³/mol. The van der Waals surface area contributed by atoms with Gasteiger partial charge in [0.05, 0.1) is 6.42 Å². The fourth-order valence-corrected chi connectivity index (χ4v) is 1.82. The number of alkyl halides is 3. The lowest BCUT2D eigenvalue weighted by Gasteiger charge is -2.32. The van der Waals surface area contributed by atoms with Crippen molar-refractivity contribution in [1.29, 1.82) is 0 Å². The van der Waals surface area contributed by atoms with Gasteiger partial charge in [0, 0.05) is 12.6 Å². The number of nitrogens with one attached hydrogen (secondary N) is 1. The Bertz CT molecular complexity index is 396. The van der Waals surface area contributed by atoms with Crippen LogP contribution in [0.4, 0.5) is 13.2 Å². The molecule has 0 radical (unpaired) electrons. The molecule has 1 N–H and O–H groups in total. The van der Waals surface area contributed by atoms with Crippen molar-refractivity contribution < 1.29 is 13.2 Å². The summed E-state index contributed by atoms with van der Waals surface area (Å²) in [7, 11) is 0. The van der Waals surface area contributed by atoms with E-state index in [-0.39, 0.29) is 5.41 Å². The summed E-state index contributed by atoms with van der Waals surface area (Å²) in [4.78, 5) is 0. The minimum absolute atomic E-state index is 0.0430. The van der Waals surface area contributed by atoms with Gasteiger partial charge < -0.3 is 5.32 Å². The SMILES string of the molecule is CC(C)C(C)(C)CNC(CC(F)(F)F)c1ccccc1. The van der Waals surface area contributed by atoms with Crippen molar-refractivity contribution >= 4 is 0 Å². The lowest BCUT2D eigenvalue weighted by Crippen LogP contribution is -2.37. The van der Waals surface area contributed by atoms with E-state index < -0.39 is 18.6 Å². The Morgan fingerprint density at radius 2 is 1.60 bits per heavy atom. The summed E-state index contributed by atoms with van der Waals surface area (Å²) in [5.41, 5.74) is 0.642. The first-order valence-corrected chi connectivity index (χ1v) is 6.97. The average Bonchev–Trinajstić information content (AvgIpc) is 2.34. The van der Waals surface area contributed by atoms with Crippen LogP contribution in [0.3, 0.4) is 0 Å². The van der Waals surface area contributed by atoms with Crippen LogP contribution in [0.25, 0.3) is 0 Å². The zero-order valence-corrected chi connectivity index (χ0v) is 12.6. The van der Waals surface area contributed by atoms with E-state index in [9.17, 15) is 13.2 Å². The van der Waals surface area contributed by atoms with Crippen LogP contribution in [0, 0.1) is 11.3 Å². The van der Waals surface area contributed by atoms with Gasteiger partial charge in [-0.2, -0.15) is 13.2 Å². The third kappa shape index (κ3) is 5.53. The zero-order valence-electron chi connectivity index (χ0n) is 12.6. The van der Waals surface area contributed by atoms with E-state index in [1.54, 1.807) is 24.3 Å². The first-order valence-electron chi connectivity index (χ1n) is 6.97. The van der Waals surface area contributed by atoms with Crippen molar-refractivity contribution in [3.8, 4) is 0 Å². The van der Waals surface area contributed by atoms with Gasteiger partial charge in [0.15, 0.2) is 0 Å². The molecule has 0 saturated heterocycles. The van der Waals surface area contributed by atoms with Crippen LogP contribution in [0.5, 0.6) is 0 Å².